The summed E-state index contributed by atoms with van der Waals surface area (Å²) in [5, 5.41) is 12.9. The molecule has 0 atom stereocenters. The van der Waals surface area contributed by atoms with Crippen LogP contribution in [0.15, 0.2) is 18.7 Å². The highest BCUT2D eigenvalue weighted by Crippen LogP contribution is 2.30. The third-order valence-electron chi connectivity index (χ3n) is 4.87. The van der Waals surface area contributed by atoms with Crippen molar-refractivity contribution < 1.29 is 4.74 Å². The van der Waals surface area contributed by atoms with Crippen molar-refractivity contribution in [1.82, 2.24) is 39.5 Å². The van der Waals surface area contributed by atoms with Crippen LogP contribution in [0.5, 0.6) is 5.88 Å². The second kappa shape index (κ2) is 7.17. The Kier molecular flexibility index (Phi) is 4.57. The van der Waals surface area contributed by atoms with Gasteiger partial charge < -0.3 is 19.9 Å². The van der Waals surface area contributed by atoms with E-state index < -0.39 is 0 Å². The first kappa shape index (κ1) is 17.2. The Morgan fingerprint density at radius 2 is 2.04 bits per heavy atom. The Balaban J connectivity index is 1.44. The van der Waals surface area contributed by atoms with Crippen LogP contribution < -0.4 is 15.4 Å². The summed E-state index contributed by atoms with van der Waals surface area (Å²) in [6.45, 7) is 2.27. The Bertz CT molecular complexity index is 898. The van der Waals surface area contributed by atoms with Gasteiger partial charge in [0.25, 0.3) is 0 Å². The Labute approximate surface area is 156 Å². The van der Waals surface area contributed by atoms with E-state index in [0.717, 1.165) is 43.4 Å². The monoisotopic (exact) mass is 370 g/mol. The van der Waals surface area contributed by atoms with Crippen LogP contribution in [0, 0.1) is 0 Å². The lowest BCUT2D eigenvalue weighted by atomic mass is 9.96. The topological polar surface area (TPSA) is 126 Å². The van der Waals surface area contributed by atoms with E-state index in [9.17, 15) is 0 Å². The minimum Gasteiger partial charge on any atom is -0.481 e. The molecular formula is C16H22N10O. The number of ether oxygens (including phenoxy) is 1. The average molecular weight is 370 g/mol. The summed E-state index contributed by atoms with van der Waals surface area (Å²) in [6.07, 6.45) is 5.11. The van der Waals surface area contributed by atoms with Gasteiger partial charge in [0.15, 0.2) is 5.82 Å². The molecule has 2 N–H and O–H groups in total. The predicted molar refractivity (Wildman–Crippen MR) is 97.3 cm³/mol. The minimum absolute atomic E-state index is 0.220. The number of nitrogen functional groups attached to an aromatic ring is 1. The number of nitrogens with zero attached hydrogens (tertiary/aromatic N) is 9. The fraction of sp³-hybridized carbons (Fsp3) is 0.500. The highest BCUT2D eigenvalue weighted by molar-refractivity contribution is 5.46. The molecule has 0 aliphatic carbocycles. The first-order valence-corrected chi connectivity index (χ1v) is 8.78. The van der Waals surface area contributed by atoms with Crippen LogP contribution >= 0.6 is 0 Å². The average Bonchev–Trinajstić information content (AvgIpc) is 3.32. The maximum absolute atomic E-state index is 5.78. The Hall–Kier alpha value is -3.24. The molecule has 0 bridgehead atoms. The van der Waals surface area contributed by atoms with Gasteiger partial charge in [-0.3, -0.25) is 0 Å². The van der Waals surface area contributed by atoms with E-state index in [1.54, 1.807) is 18.1 Å². The van der Waals surface area contributed by atoms with Crippen molar-refractivity contribution in [1.29, 1.82) is 0 Å². The number of anilines is 2. The molecule has 0 amide bonds. The largest absolute Gasteiger partial charge is 0.481 e. The molecule has 0 radical (unpaired) electrons. The number of hydrogen-bond acceptors (Lipinski definition) is 9. The van der Waals surface area contributed by atoms with Crippen LogP contribution in [0.2, 0.25) is 0 Å². The summed E-state index contributed by atoms with van der Waals surface area (Å²) >= 11 is 0. The van der Waals surface area contributed by atoms with Gasteiger partial charge in [-0.1, -0.05) is 0 Å². The molecule has 27 heavy (non-hydrogen) atoms. The van der Waals surface area contributed by atoms with Gasteiger partial charge in [-0.05, 0) is 12.8 Å². The van der Waals surface area contributed by atoms with Crippen LogP contribution in [0.3, 0.4) is 0 Å². The third-order valence-corrected chi connectivity index (χ3v) is 4.87. The zero-order valence-electron chi connectivity index (χ0n) is 15.4. The molecule has 0 unspecified atom stereocenters. The number of rotatable bonds is 5. The molecule has 4 rings (SSSR count). The molecule has 0 aromatic carbocycles. The predicted octanol–water partition coefficient (Wildman–Crippen LogP) is 0.220. The molecule has 1 aliphatic rings. The number of piperidine rings is 1. The molecule has 1 saturated heterocycles. The zero-order valence-corrected chi connectivity index (χ0v) is 15.4. The van der Waals surface area contributed by atoms with Crippen LogP contribution in [0.25, 0.3) is 0 Å². The van der Waals surface area contributed by atoms with E-state index in [0.29, 0.717) is 18.3 Å². The summed E-state index contributed by atoms with van der Waals surface area (Å²) in [5.41, 5.74) is 5.78. The standard InChI is InChI=1S/C16H22N10O/c1-24-13(8-26-10-18-9-19-26)22-23-15(24)11-3-5-25(6-4-11)12-7-14(27-2)21-16(17)20-12/h7,9-11H,3-6,8H2,1-2H3,(H2,17,20,21). The summed E-state index contributed by atoms with van der Waals surface area (Å²) in [7, 11) is 3.58. The van der Waals surface area contributed by atoms with Crippen molar-refractivity contribution in [2.24, 2.45) is 7.05 Å². The lowest BCUT2D eigenvalue weighted by Gasteiger charge is -2.32. The Morgan fingerprint density at radius 3 is 2.74 bits per heavy atom. The van der Waals surface area contributed by atoms with Crippen LogP contribution in [-0.4, -0.2) is 59.7 Å². The lowest BCUT2D eigenvalue weighted by molar-refractivity contribution is 0.397. The van der Waals surface area contributed by atoms with Crippen LogP contribution in [-0.2, 0) is 13.6 Å². The molecule has 142 valence electrons. The van der Waals surface area contributed by atoms with E-state index >= 15 is 0 Å². The highest BCUT2D eigenvalue weighted by Gasteiger charge is 2.26. The van der Waals surface area contributed by atoms with Crippen LogP contribution in [0.1, 0.15) is 30.4 Å². The van der Waals surface area contributed by atoms with E-state index in [1.807, 2.05) is 13.1 Å². The molecule has 11 heteroatoms. The van der Waals surface area contributed by atoms with Crippen molar-refractivity contribution in [3.05, 3.63) is 30.4 Å². The van der Waals surface area contributed by atoms with E-state index in [-0.39, 0.29) is 5.95 Å². The van der Waals surface area contributed by atoms with Crippen molar-refractivity contribution in [2.45, 2.75) is 25.3 Å². The van der Waals surface area contributed by atoms with Gasteiger partial charge in [0, 0.05) is 32.1 Å². The molecule has 0 saturated carbocycles. The molecule has 3 aromatic rings. The maximum atomic E-state index is 5.78. The van der Waals surface area contributed by atoms with Gasteiger partial charge >= 0.3 is 0 Å². The summed E-state index contributed by atoms with van der Waals surface area (Å²) in [5.74, 6) is 3.71. The maximum Gasteiger partial charge on any atom is 0.225 e. The number of nitrogens with two attached hydrogens (primary N) is 1. The summed E-state index contributed by atoms with van der Waals surface area (Å²) < 4.78 is 8.99. The van der Waals surface area contributed by atoms with Crippen molar-refractivity contribution >= 4 is 11.8 Å². The highest BCUT2D eigenvalue weighted by atomic mass is 16.5. The quantitative estimate of drug-likeness (QED) is 0.671. The summed E-state index contributed by atoms with van der Waals surface area (Å²) in [6, 6.07) is 1.81. The molecule has 3 aromatic heterocycles. The third kappa shape index (κ3) is 3.52. The van der Waals surface area contributed by atoms with Crippen molar-refractivity contribution in [3.63, 3.8) is 0 Å². The van der Waals surface area contributed by atoms with Gasteiger partial charge in [-0.15, -0.1) is 10.2 Å². The van der Waals surface area contributed by atoms with Gasteiger partial charge in [-0.2, -0.15) is 15.1 Å². The molecule has 4 heterocycles. The van der Waals surface area contributed by atoms with Gasteiger partial charge in [0.2, 0.25) is 11.8 Å². The smallest absolute Gasteiger partial charge is 0.225 e. The van der Waals surface area contributed by atoms with Gasteiger partial charge in [-0.25, -0.2) is 9.67 Å². The SMILES string of the molecule is COc1cc(N2CCC(c3nnc(Cn4cncn4)n3C)CC2)nc(N)n1. The second-order valence-corrected chi connectivity index (χ2v) is 6.51. The molecule has 11 nitrogen and oxygen atoms in total. The fourth-order valence-electron chi connectivity index (χ4n) is 3.39. The molecule has 1 aliphatic heterocycles. The molecule has 0 spiro atoms. The van der Waals surface area contributed by atoms with Gasteiger partial charge in [0.05, 0.1) is 7.11 Å². The number of aromatic nitrogens is 8. The summed E-state index contributed by atoms with van der Waals surface area (Å²) in [4.78, 5) is 14.5. The molecular weight excluding hydrogens is 348 g/mol. The van der Waals surface area contributed by atoms with E-state index in [4.69, 9.17) is 10.5 Å². The normalized spacial score (nSPS) is 15.3. The van der Waals surface area contributed by atoms with Crippen molar-refractivity contribution in [2.75, 3.05) is 30.8 Å². The fourth-order valence-corrected chi connectivity index (χ4v) is 3.39. The van der Waals surface area contributed by atoms with E-state index in [2.05, 4.69) is 39.7 Å². The van der Waals surface area contributed by atoms with E-state index in [1.165, 1.54) is 6.33 Å². The van der Waals surface area contributed by atoms with Gasteiger partial charge in [0.1, 0.15) is 30.8 Å². The zero-order chi connectivity index (χ0) is 18.8. The first-order chi connectivity index (χ1) is 13.1. The number of hydrogen-bond donors (Lipinski definition) is 1. The molecule has 1 fully saturated rings. The van der Waals surface area contributed by atoms with Crippen molar-refractivity contribution in [3.8, 4) is 5.88 Å². The minimum atomic E-state index is 0.220. The first-order valence-electron chi connectivity index (χ1n) is 8.78. The second-order valence-electron chi connectivity index (χ2n) is 6.51. The van der Waals surface area contributed by atoms with Crippen LogP contribution in [0.4, 0.5) is 11.8 Å². The Morgan fingerprint density at radius 1 is 1.22 bits per heavy atom. The lowest BCUT2D eigenvalue weighted by Crippen LogP contribution is -2.34. The number of methoxy groups -OCH3 is 1.